The summed E-state index contributed by atoms with van der Waals surface area (Å²) >= 11 is 6.05. The molecule has 3 unspecified atom stereocenters. The summed E-state index contributed by atoms with van der Waals surface area (Å²) in [5.41, 5.74) is 1.03. The third kappa shape index (κ3) is 2.60. The average Bonchev–Trinajstić information content (AvgIpc) is 3.02. The van der Waals surface area contributed by atoms with Gasteiger partial charge in [0.2, 0.25) is 0 Å². The Kier molecular flexibility index (Phi) is 4.05. The molecular formula is C17H23ClFN. The van der Waals surface area contributed by atoms with Gasteiger partial charge in [0, 0.05) is 11.6 Å². The fraction of sp³-hybridized carbons (Fsp3) is 0.647. The molecule has 0 saturated heterocycles. The van der Waals surface area contributed by atoms with E-state index in [1.165, 1.54) is 31.7 Å². The minimum Gasteiger partial charge on any atom is -0.316 e. The van der Waals surface area contributed by atoms with Crippen LogP contribution in [0.5, 0.6) is 0 Å². The molecule has 2 fully saturated rings. The molecule has 1 aromatic rings. The van der Waals surface area contributed by atoms with Crippen molar-refractivity contribution in [3.8, 4) is 0 Å². The number of hydrogen-bond acceptors (Lipinski definition) is 1. The van der Waals surface area contributed by atoms with Crippen LogP contribution in [0.15, 0.2) is 18.2 Å². The summed E-state index contributed by atoms with van der Waals surface area (Å²) in [6, 6.07) is 4.96. The van der Waals surface area contributed by atoms with E-state index in [4.69, 9.17) is 11.6 Å². The fourth-order valence-corrected chi connectivity index (χ4v) is 4.68. The van der Waals surface area contributed by atoms with Gasteiger partial charge in [-0.05, 0) is 73.2 Å². The third-order valence-corrected chi connectivity index (χ3v) is 5.61. The maximum Gasteiger partial charge on any atom is 0.126 e. The highest BCUT2D eigenvalue weighted by Gasteiger charge is 2.50. The maximum absolute atomic E-state index is 14.1. The van der Waals surface area contributed by atoms with Gasteiger partial charge in [-0.25, -0.2) is 4.39 Å². The number of fused-ring (bicyclic) bond motifs is 2. The van der Waals surface area contributed by atoms with Crippen molar-refractivity contribution < 1.29 is 4.39 Å². The number of nitrogens with one attached hydrogen (secondary N) is 1. The first-order valence-corrected chi connectivity index (χ1v) is 8.15. The Morgan fingerprint density at radius 1 is 1.40 bits per heavy atom. The summed E-state index contributed by atoms with van der Waals surface area (Å²) in [6.45, 7) is 4.13. The second-order valence-electron chi connectivity index (χ2n) is 6.64. The standard InChI is InChI=1S/C17H23ClFN/c1-2-20-11-17(9-12-3-4-14(17)7-12)10-13-8-15(18)5-6-16(13)19/h5-6,8,12,14,20H,2-4,7,9-11H2,1H3. The normalized spacial score (nSPS) is 31.9. The summed E-state index contributed by atoms with van der Waals surface area (Å²) in [4.78, 5) is 0. The minimum atomic E-state index is -0.104. The van der Waals surface area contributed by atoms with E-state index in [0.29, 0.717) is 5.02 Å². The van der Waals surface area contributed by atoms with Gasteiger partial charge in [-0.2, -0.15) is 0 Å². The molecule has 1 N–H and O–H groups in total. The smallest absolute Gasteiger partial charge is 0.126 e. The lowest BCUT2D eigenvalue weighted by molar-refractivity contribution is 0.156. The van der Waals surface area contributed by atoms with Crippen molar-refractivity contribution in [3.05, 3.63) is 34.6 Å². The largest absolute Gasteiger partial charge is 0.316 e. The molecule has 0 amide bonds. The Labute approximate surface area is 125 Å². The topological polar surface area (TPSA) is 12.0 Å². The first-order valence-electron chi connectivity index (χ1n) is 7.77. The molecule has 0 aromatic heterocycles. The lowest BCUT2D eigenvalue weighted by Gasteiger charge is -2.38. The molecule has 1 nitrogen and oxygen atoms in total. The van der Waals surface area contributed by atoms with Crippen LogP contribution in [0.4, 0.5) is 4.39 Å². The predicted molar refractivity (Wildman–Crippen MR) is 81.5 cm³/mol. The number of benzene rings is 1. The molecule has 0 radical (unpaired) electrons. The Balaban J connectivity index is 1.85. The number of rotatable bonds is 5. The molecule has 0 heterocycles. The highest BCUT2D eigenvalue weighted by molar-refractivity contribution is 6.30. The van der Waals surface area contributed by atoms with Gasteiger partial charge in [0.15, 0.2) is 0 Å². The van der Waals surface area contributed by atoms with Crippen molar-refractivity contribution in [3.63, 3.8) is 0 Å². The quantitative estimate of drug-likeness (QED) is 0.847. The number of halogens is 2. The summed E-state index contributed by atoms with van der Waals surface area (Å²) in [5.74, 6) is 1.51. The molecule has 2 saturated carbocycles. The molecule has 3 atom stereocenters. The van der Waals surface area contributed by atoms with Crippen molar-refractivity contribution in [2.45, 2.75) is 39.0 Å². The summed E-state index contributed by atoms with van der Waals surface area (Å²) in [6.07, 6.45) is 6.10. The van der Waals surface area contributed by atoms with Crippen LogP contribution in [0.2, 0.25) is 5.02 Å². The van der Waals surface area contributed by atoms with Crippen molar-refractivity contribution >= 4 is 11.6 Å². The molecule has 3 heteroatoms. The minimum absolute atomic E-state index is 0.104. The highest BCUT2D eigenvalue weighted by atomic mass is 35.5. The van der Waals surface area contributed by atoms with Gasteiger partial charge in [-0.3, -0.25) is 0 Å². The van der Waals surface area contributed by atoms with Crippen LogP contribution in [-0.4, -0.2) is 13.1 Å². The summed E-state index contributed by atoms with van der Waals surface area (Å²) < 4.78 is 14.1. The molecule has 2 aliphatic rings. The van der Waals surface area contributed by atoms with Crippen LogP contribution in [0.3, 0.4) is 0 Å². The van der Waals surface area contributed by atoms with E-state index in [-0.39, 0.29) is 11.2 Å². The second-order valence-corrected chi connectivity index (χ2v) is 7.07. The molecule has 0 spiro atoms. The Bertz CT molecular complexity index is 490. The predicted octanol–water partition coefficient (Wildman–Crippen LogP) is 4.44. The molecule has 3 rings (SSSR count). The van der Waals surface area contributed by atoms with Crippen molar-refractivity contribution in [2.75, 3.05) is 13.1 Å². The van der Waals surface area contributed by atoms with Gasteiger partial charge in [0.05, 0.1) is 0 Å². The lowest BCUT2D eigenvalue weighted by atomic mass is 9.69. The van der Waals surface area contributed by atoms with Crippen LogP contribution in [0, 0.1) is 23.1 Å². The van der Waals surface area contributed by atoms with Gasteiger partial charge in [-0.15, -0.1) is 0 Å². The lowest BCUT2D eigenvalue weighted by Crippen LogP contribution is -2.40. The second kappa shape index (κ2) is 5.65. The number of hydrogen-bond donors (Lipinski definition) is 1. The van der Waals surface area contributed by atoms with Gasteiger partial charge in [0.1, 0.15) is 5.82 Å². The molecule has 1 aromatic carbocycles. The van der Waals surface area contributed by atoms with E-state index in [9.17, 15) is 4.39 Å². The SMILES string of the molecule is CCNCC1(Cc2cc(Cl)ccc2F)CC2CCC1C2. The van der Waals surface area contributed by atoms with Crippen LogP contribution in [0.25, 0.3) is 0 Å². The molecule has 110 valence electrons. The zero-order chi connectivity index (χ0) is 14.2. The fourth-order valence-electron chi connectivity index (χ4n) is 4.49. The van der Waals surface area contributed by atoms with E-state index in [0.717, 1.165) is 36.9 Å². The average molecular weight is 296 g/mol. The van der Waals surface area contributed by atoms with Gasteiger partial charge < -0.3 is 5.32 Å². The van der Waals surface area contributed by atoms with Crippen LogP contribution >= 0.6 is 11.6 Å². The van der Waals surface area contributed by atoms with Crippen molar-refractivity contribution in [2.24, 2.45) is 17.3 Å². The van der Waals surface area contributed by atoms with Gasteiger partial charge in [-0.1, -0.05) is 24.9 Å². The van der Waals surface area contributed by atoms with Crippen molar-refractivity contribution in [1.82, 2.24) is 5.32 Å². The maximum atomic E-state index is 14.1. The molecule has 20 heavy (non-hydrogen) atoms. The first kappa shape index (κ1) is 14.3. The molecule has 2 bridgehead atoms. The molecule has 2 aliphatic carbocycles. The zero-order valence-corrected chi connectivity index (χ0v) is 12.8. The summed E-state index contributed by atoms with van der Waals surface area (Å²) in [7, 11) is 0. The zero-order valence-electron chi connectivity index (χ0n) is 12.1. The van der Waals surface area contributed by atoms with E-state index >= 15 is 0 Å². The monoisotopic (exact) mass is 295 g/mol. The van der Waals surface area contributed by atoms with Crippen LogP contribution in [0.1, 0.15) is 38.2 Å². The third-order valence-electron chi connectivity index (χ3n) is 5.38. The Morgan fingerprint density at radius 3 is 2.90 bits per heavy atom. The van der Waals surface area contributed by atoms with E-state index < -0.39 is 0 Å². The van der Waals surface area contributed by atoms with E-state index in [2.05, 4.69) is 12.2 Å². The van der Waals surface area contributed by atoms with Crippen LogP contribution in [-0.2, 0) is 6.42 Å². The van der Waals surface area contributed by atoms with E-state index in [1.54, 1.807) is 6.07 Å². The summed E-state index contributed by atoms with van der Waals surface area (Å²) in [5, 5.41) is 4.16. The molecule has 0 aliphatic heterocycles. The highest BCUT2D eigenvalue weighted by Crippen LogP contribution is 2.57. The Hall–Kier alpha value is -0.600. The van der Waals surface area contributed by atoms with Gasteiger partial charge in [0.25, 0.3) is 0 Å². The van der Waals surface area contributed by atoms with Gasteiger partial charge >= 0.3 is 0 Å². The van der Waals surface area contributed by atoms with Crippen LogP contribution < -0.4 is 5.32 Å². The first-order chi connectivity index (χ1) is 9.63. The van der Waals surface area contributed by atoms with E-state index in [1.807, 2.05) is 6.07 Å². The van der Waals surface area contributed by atoms with Crippen molar-refractivity contribution in [1.29, 1.82) is 0 Å². The Morgan fingerprint density at radius 2 is 2.25 bits per heavy atom. The molecular weight excluding hydrogens is 273 g/mol.